The van der Waals surface area contributed by atoms with Crippen molar-refractivity contribution in [2.24, 2.45) is 16.7 Å². The lowest BCUT2D eigenvalue weighted by Crippen LogP contribution is -2.35. The van der Waals surface area contributed by atoms with Crippen molar-refractivity contribution in [2.45, 2.75) is 43.8 Å². The van der Waals surface area contributed by atoms with Gasteiger partial charge < -0.3 is 0 Å². The molecule has 2 saturated carbocycles. The van der Waals surface area contributed by atoms with Crippen LogP contribution >= 0.6 is 11.8 Å². The van der Waals surface area contributed by atoms with Gasteiger partial charge in [-0.3, -0.25) is 4.79 Å². The van der Waals surface area contributed by atoms with Gasteiger partial charge in [-0.1, -0.05) is 39.0 Å². The summed E-state index contributed by atoms with van der Waals surface area (Å²) in [5.74, 6) is 0.770. The average molecular weight is 260 g/mol. The van der Waals surface area contributed by atoms with Crippen LogP contribution in [0.2, 0.25) is 0 Å². The molecule has 0 N–H and O–H groups in total. The van der Waals surface area contributed by atoms with Crippen molar-refractivity contribution < 1.29 is 4.79 Å². The van der Waals surface area contributed by atoms with E-state index in [0.717, 1.165) is 6.42 Å². The molecule has 18 heavy (non-hydrogen) atoms. The van der Waals surface area contributed by atoms with Crippen LogP contribution in [0.25, 0.3) is 0 Å². The lowest BCUT2D eigenvalue weighted by Gasteiger charge is -2.37. The van der Waals surface area contributed by atoms with Crippen molar-refractivity contribution in [3.05, 3.63) is 30.3 Å². The number of hydrogen-bond donors (Lipinski definition) is 0. The van der Waals surface area contributed by atoms with Gasteiger partial charge in [-0.2, -0.15) is 0 Å². The van der Waals surface area contributed by atoms with E-state index in [1.807, 2.05) is 18.2 Å². The van der Waals surface area contributed by atoms with Gasteiger partial charge in [0.05, 0.1) is 5.25 Å². The van der Waals surface area contributed by atoms with Gasteiger partial charge in [0.2, 0.25) is 0 Å². The van der Waals surface area contributed by atoms with E-state index in [9.17, 15) is 4.79 Å². The largest absolute Gasteiger partial charge is 0.298 e. The molecule has 0 unspecified atom stereocenters. The Hall–Kier alpha value is -0.760. The standard InChI is InChI=1S/C16H20OS/c1-15(2)12-9-10-16(15,3)14(13(12)17)18-11-7-5-4-6-8-11/h4-8,12,14H,9-10H2,1-3H3/t12-,14-,16+/m1/s1. The molecule has 2 fully saturated rings. The minimum atomic E-state index is 0.147. The molecule has 0 saturated heterocycles. The van der Waals surface area contributed by atoms with Crippen LogP contribution in [0.1, 0.15) is 33.6 Å². The van der Waals surface area contributed by atoms with Gasteiger partial charge in [-0.15, -0.1) is 11.8 Å². The van der Waals surface area contributed by atoms with Crippen LogP contribution in [-0.4, -0.2) is 11.0 Å². The van der Waals surface area contributed by atoms with Crippen LogP contribution in [-0.2, 0) is 4.79 Å². The highest BCUT2D eigenvalue weighted by molar-refractivity contribution is 8.00. The van der Waals surface area contributed by atoms with Gasteiger partial charge in [0.15, 0.2) is 0 Å². The second-order valence-electron chi connectivity index (χ2n) is 6.44. The number of benzene rings is 1. The summed E-state index contributed by atoms with van der Waals surface area (Å²) >= 11 is 1.77. The third kappa shape index (κ3) is 1.45. The van der Waals surface area contributed by atoms with E-state index in [4.69, 9.17) is 0 Å². The summed E-state index contributed by atoms with van der Waals surface area (Å²) in [6.45, 7) is 6.89. The number of hydrogen-bond acceptors (Lipinski definition) is 2. The molecule has 96 valence electrons. The van der Waals surface area contributed by atoms with Crippen molar-refractivity contribution in [2.75, 3.05) is 0 Å². The fourth-order valence-corrected chi connectivity index (χ4v) is 5.36. The Morgan fingerprint density at radius 3 is 2.39 bits per heavy atom. The van der Waals surface area contributed by atoms with Gasteiger partial charge in [0.1, 0.15) is 5.78 Å². The van der Waals surface area contributed by atoms with Crippen LogP contribution in [0.3, 0.4) is 0 Å². The van der Waals surface area contributed by atoms with Crippen molar-refractivity contribution in [1.82, 2.24) is 0 Å². The summed E-state index contributed by atoms with van der Waals surface area (Å²) in [4.78, 5) is 13.8. The molecule has 3 atom stereocenters. The number of ketones is 1. The fourth-order valence-electron chi connectivity index (χ4n) is 3.81. The predicted molar refractivity (Wildman–Crippen MR) is 75.7 cm³/mol. The fraction of sp³-hybridized carbons (Fsp3) is 0.562. The Morgan fingerprint density at radius 2 is 1.83 bits per heavy atom. The van der Waals surface area contributed by atoms with Crippen LogP contribution in [0.4, 0.5) is 0 Å². The summed E-state index contributed by atoms with van der Waals surface area (Å²) in [7, 11) is 0. The van der Waals surface area contributed by atoms with Crippen molar-refractivity contribution in [3.8, 4) is 0 Å². The molecular weight excluding hydrogens is 240 g/mol. The van der Waals surface area contributed by atoms with E-state index in [1.165, 1.54) is 11.3 Å². The molecule has 1 aromatic rings. The highest BCUT2D eigenvalue weighted by Gasteiger charge is 2.66. The Balaban J connectivity index is 1.93. The van der Waals surface area contributed by atoms with Gasteiger partial charge >= 0.3 is 0 Å². The Bertz CT molecular complexity index is 479. The van der Waals surface area contributed by atoms with Crippen LogP contribution in [0.15, 0.2) is 35.2 Å². The van der Waals surface area contributed by atoms with Gasteiger partial charge in [-0.25, -0.2) is 0 Å². The first-order valence-corrected chi connectivity index (χ1v) is 7.60. The summed E-state index contributed by atoms with van der Waals surface area (Å²) in [6.07, 6.45) is 2.29. The first-order chi connectivity index (χ1) is 8.47. The topological polar surface area (TPSA) is 17.1 Å². The third-order valence-corrected chi connectivity index (χ3v) is 7.01. The van der Waals surface area contributed by atoms with E-state index in [-0.39, 0.29) is 22.0 Å². The normalized spacial score (nSPS) is 37.2. The molecule has 0 spiro atoms. The quantitative estimate of drug-likeness (QED) is 0.793. The van der Waals surface area contributed by atoms with Crippen molar-refractivity contribution in [3.63, 3.8) is 0 Å². The predicted octanol–water partition coefficient (Wildman–Crippen LogP) is 4.17. The van der Waals surface area contributed by atoms with Crippen molar-refractivity contribution in [1.29, 1.82) is 0 Å². The lowest BCUT2D eigenvalue weighted by atomic mass is 9.71. The Kier molecular flexibility index (Phi) is 2.64. The van der Waals surface area contributed by atoms with E-state index in [2.05, 4.69) is 32.9 Å². The molecule has 1 aromatic carbocycles. The molecule has 1 nitrogen and oxygen atoms in total. The zero-order valence-electron chi connectivity index (χ0n) is 11.3. The monoisotopic (exact) mass is 260 g/mol. The molecular formula is C16H20OS. The van der Waals surface area contributed by atoms with Crippen LogP contribution in [0, 0.1) is 16.7 Å². The summed E-state index contributed by atoms with van der Waals surface area (Å²) in [5.41, 5.74) is 0.325. The maximum Gasteiger partial charge on any atom is 0.150 e. The minimum Gasteiger partial charge on any atom is -0.298 e. The van der Waals surface area contributed by atoms with Gasteiger partial charge in [0.25, 0.3) is 0 Å². The summed E-state index contributed by atoms with van der Waals surface area (Å²) < 4.78 is 0. The molecule has 0 amide bonds. The highest BCUT2D eigenvalue weighted by Crippen LogP contribution is 2.67. The second kappa shape index (κ2) is 3.86. The molecule has 0 radical (unpaired) electrons. The van der Waals surface area contributed by atoms with Gasteiger partial charge in [0, 0.05) is 10.8 Å². The molecule has 0 aromatic heterocycles. The van der Waals surface area contributed by atoms with E-state index in [0.29, 0.717) is 5.78 Å². The van der Waals surface area contributed by atoms with Crippen LogP contribution < -0.4 is 0 Å². The first-order valence-electron chi connectivity index (χ1n) is 6.72. The maximum absolute atomic E-state index is 12.6. The smallest absolute Gasteiger partial charge is 0.150 e. The van der Waals surface area contributed by atoms with E-state index in [1.54, 1.807) is 11.8 Å². The first kappa shape index (κ1) is 12.3. The Morgan fingerprint density at radius 1 is 1.17 bits per heavy atom. The molecule has 2 aliphatic carbocycles. The SMILES string of the molecule is CC1(C)[C@@H]2CC[C@@]1(C)[C@H](Sc1ccccc1)C2=O. The zero-order valence-corrected chi connectivity index (χ0v) is 12.1. The lowest BCUT2D eigenvalue weighted by molar-refractivity contribution is -0.122. The number of carbonyl (C=O) groups excluding carboxylic acids is 1. The number of fused-ring (bicyclic) bond motifs is 2. The molecule has 0 aliphatic heterocycles. The van der Waals surface area contributed by atoms with E-state index < -0.39 is 0 Å². The molecule has 0 heterocycles. The zero-order chi connectivity index (χ0) is 13.0. The number of Topliss-reactive ketones (excluding diaryl/α,β-unsaturated/α-hetero) is 1. The second-order valence-corrected chi connectivity index (χ2v) is 7.62. The van der Waals surface area contributed by atoms with E-state index >= 15 is 0 Å². The van der Waals surface area contributed by atoms with Gasteiger partial charge in [-0.05, 0) is 35.8 Å². The van der Waals surface area contributed by atoms with Crippen LogP contribution in [0.5, 0.6) is 0 Å². The number of thioether (sulfide) groups is 1. The third-order valence-electron chi connectivity index (χ3n) is 5.47. The summed E-state index contributed by atoms with van der Waals surface area (Å²) in [5, 5.41) is 0.147. The average Bonchev–Trinajstić information content (AvgIpc) is 2.65. The number of rotatable bonds is 2. The molecule has 3 rings (SSSR count). The molecule has 2 aliphatic rings. The summed E-state index contributed by atoms with van der Waals surface area (Å²) in [6, 6.07) is 10.3. The minimum absolute atomic E-state index is 0.147. The Labute approximate surface area is 113 Å². The van der Waals surface area contributed by atoms with Crippen molar-refractivity contribution >= 4 is 17.5 Å². The molecule has 2 bridgehead atoms. The number of carbonyl (C=O) groups is 1. The molecule has 2 heteroatoms. The highest BCUT2D eigenvalue weighted by atomic mass is 32.2. The maximum atomic E-state index is 12.6.